The maximum atomic E-state index is 10.6. The Morgan fingerprint density at radius 3 is 2.53 bits per heavy atom. The van der Waals surface area contributed by atoms with E-state index in [0.29, 0.717) is 23.0 Å². The number of phenols is 1. The number of hydrogen-bond acceptors (Lipinski definition) is 7. The second kappa shape index (κ2) is 7.84. The van der Waals surface area contributed by atoms with Crippen molar-refractivity contribution < 1.29 is 9.84 Å². The summed E-state index contributed by atoms with van der Waals surface area (Å²) in [5, 5.41) is 22.6. The molecule has 7 nitrogen and oxygen atoms in total. The van der Waals surface area contributed by atoms with Gasteiger partial charge in [0.25, 0.3) is 0 Å². The molecule has 0 bridgehead atoms. The average Bonchev–Trinajstić information content (AvgIpc) is 3.36. The maximum Gasteiger partial charge on any atom is 0.213 e. The van der Waals surface area contributed by atoms with E-state index in [2.05, 4.69) is 31.6 Å². The van der Waals surface area contributed by atoms with E-state index < -0.39 is 0 Å². The summed E-state index contributed by atoms with van der Waals surface area (Å²) in [6, 6.07) is 9.14. The predicted octanol–water partition coefficient (Wildman–Crippen LogP) is 3.33. The van der Waals surface area contributed by atoms with Crippen LogP contribution in [0.3, 0.4) is 0 Å². The fraction of sp³-hybridized carbons (Fsp3) is 0.304. The van der Waals surface area contributed by atoms with Crippen LogP contribution in [0.25, 0.3) is 28.5 Å². The standard InChI is InChI=1S/C23H23N5O2/c1-30-23-10-16(4-5-25-23)15-2-3-19(21(29)9-15)20-13-26-22(28-27-20)8-14-6-17-11-24-12-18(17)7-14/h2-5,8-10,13,17-18,24,29H,6-7,11-12H2,1H3/t17-,18+. The van der Waals surface area contributed by atoms with Gasteiger partial charge in [-0.1, -0.05) is 11.6 Å². The summed E-state index contributed by atoms with van der Waals surface area (Å²) in [6.45, 7) is 2.23. The lowest BCUT2D eigenvalue weighted by atomic mass is 10.0. The molecule has 0 radical (unpaired) electrons. The lowest BCUT2D eigenvalue weighted by molar-refractivity contribution is 0.398. The van der Waals surface area contributed by atoms with E-state index in [4.69, 9.17) is 4.74 Å². The van der Waals surface area contributed by atoms with E-state index in [-0.39, 0.29) is 5.75 Å². The van der Waals surface area contributed by atoms with Crippen molar-refractivity contribution in [3.8, 4) is 34.0 Å². The van der Waals surface area contributed by atoms with Gasteiger partial charge in [0.05, 0.1) is 13.3 Å². The number of phenolic OH excluding ortho intramolecular Hbond substituents is 1. The topological polar surface area (TPSA) is 93.0 Å². The van der Waals surface area contributed by atoms with Crippen molar-refractivity contribution in [1.82, 2.24) is 25.5 Å². The number of allylic oxidation sites excluding steroid dienone is 1. The summed E-state index contributed by atoms with van der Waals surface area (Å²) in [4.78, 5) is 8.57. The highest BCUT2D eigenvalue weighted by atomic mass is 16.5. The van der Waals surface area contributed by atoms with Crippen LogP contribution in [-0.4, -0.2) is 45.5 Å². The molecule has 1 aliphatic carbocycles. The molecule has 2 N–H and O–H groups in total. The quantitative estimate of drug-likeness (QED) is 0.693. The van der Waals surface area contributed by atoms with Crippen LogP contribution in [-0.2, 0) is 0 Å². The van der Waals surface area contributed by atoms with Gasteiger partial charge < -0.3 is 15.2 Å². The van der Waals surface area contributed by atoms with E-state index in [1.807, 2.05) is 24.3 Å². The normalized spacial score (nSPS) is 21.7. The van der Waals surface area contributed by atoms with E-state index in [1.54, 1.807) is 25.6 Å². The Bertz CT molecular complexity index is 1080. The Morgan fingerprint density at radius 1 is 1.03 bits per heavy atom. The van der Waals surface area contributed by atoms with Crippen LogP contribution in [0.4, 0.5) is 0 Å². The smallest absolute Gasteiger partial charge is 0.213 e. The van der Waals surface area contributed by atoms with Crippen molar-refractivity contribution in [2.24, 2.45) is 11.8 Å². The highest BCUT2D eigenvalue weighted by Crippen LogP contribution is 2.38. The Hall–Kier alpha value is -3.32. The van der Waals surface area contributed by atoms with E-state index in [0.717, 1.165) is 48.9 Å². The predicted molar refractivity (Wildman–Crippen MR) is 114 cm³/mol. The molecule has 30 heavy (non-hydrogen) atoms. The SMILES string of the molecule is COc1cc(-c2ccc(-c3cnc(C=C4C[C@H]5CNC[C@H]5C4)nn3)c(O)c2)ccn1. The molecule has 3 heterocycles. The molecule has 2 aromatic heterocycles. The molecule has 2 aliphatic rings. The number of methoxy groups -OCH3 is 1. The number of aromatic hydroxyl groups is 1. The van der Waals surface area contributed by atoms with Gasteiger partial charge in [-0.3, -0.25) is 0 Å². The number of pyridine rings is 1. The minimum Gasteiger partial charge on any atom is -0.507 e. The summed E-state index contributed by atoms with van der Waals surface area (Å²) in [6.07, 6.45) is 7.64. The summed E-state index contributed by atoms with van der Waals surface area (Å²) < 4.78 is 5.17. The molecule has 152 valence electrons. The number of rotatable bonds is 4. The van der Waals surface area contributed by atoms with Crippen molar-refractivity contribution in [1.29, 1.82) is 0 Å². The largest absolute Gasteiger partial charge is 0.507 e. The molecule has 0 amide bonds. The zero-order valence-corrected chi connectivity index (χ0v) is 16.7. The van der Waals surface area contributed by atoms with Gasteiger partial charge in [0, 0.05) is 17.8 Å². The Morgan fingerprint density at radius 2 is 1.83 bits per heavy atom. The van der Waals surface area contributed by atoms with Crippen LogP contribution in [0.5, 0.6) is 11.6 Å². The molecule has 0 spiro atoms. The fourth-order valence-electron chi connectivity index (χ4n) is 4.42. The zero-order valence-electron chi connectivity index (χ0n) is 16.7. The first-order valence-electron chi connectivity index (χ1n) is 10.1. The van der Waals surface area contributed by atoms with Crippen LogP contribution in [0, 0.1) is 11.8 Å². The number of ether oxygens (including phenoxy) is 1. The molecular formula is C23H23N5O2. The summed E-state index contributed by atoms with van der Waals surface area (Å²) >= 11 is 0. The van der Waals surface area contributed by atoms with E-state index in [1.165, 1.54) is 5.57 Å². The van der Waals surface area contributed by atoms with Gasteiger partial charge in [-0.15, -0.1) is 10.2 Å². The number of nitrogens with zero attached hydrogens (tertiary/aromatic N) is 4. The zero-order chi connectivity index (χ0) is 20.5. The minimum absolute atomic E-state index is 0.126. The number of aromatic nitrogens is 4. The second-order valence-corrected chi connectivity index (χ2v) is 7.91. The first kappa shape index (κ1) is 18.7. The Balaban J connectivity index is 1.35. The first-order chi connectivity index (χ1) is 14.7. The first-order valence-corrected chi connectivity index (χ1v) is 10.1. The van der Waals surface area contributed by atoms with Crippen LogP contribution >= 0.6 is 0 Å². The maximum absolute atomic E-state index is 10.6. The summed E-state index contributed by atoms with van der Waals surface area (Å²) in [5.41, 5.74) is 4.31. The van der Waals surface area contributed by atoms with E-state index in [9.17, 15) is 5.11 Å². The fourth-order valence-corrected chi connectivity index (χ4v) is 4.42. The third-order valence-electron chi connectivity index (χ3n) is 5.99. The summed E-state index contributed by atoms with van der Waals surface area (Å²) in [7, 11) is 1.58. The second-order valence-electron chi connectivity index (χ2n) is 7.91. The highest BCUT2D eigenvalue weighted by molar-refractivity contribution is 5.74. The van der Waals surface area contributed by atoms with Crippen molar-refractivity contribution in [3.05, 3.63) is 54.1 Å². The van der Waals surface area contributed by atoms with Crippen LogP contribution in [0.15, 0.2) is 48.3 Å². The minimum atomic E-state index is 0.126. The van der Waals surface area contributed by atoms with Crippen LogP contribution in [0.2, 0.25) is 0 Å². The number of nitrogens with one attached hydrogen (secondary N) is 1. The monoisotopic (exact) mass is 401 g/mol. The number of benzene rings is 1. The molecule has 3 aromatic rings. The van der Waals surface area contributed by atoms with Gasteiger partial charge in [0.15, 0.2) is 5.82 Å². The molecule has 1 saturated heterocycles. The molecule has 2 fully saturated rings. The molecule has 1 aromatic carbocycles. The third kappa shape index (κ3) is 3.64. The van der Waals surface area contributed by atoms with Crippen molar-refractivity contribution in [2.45, 2.75) is 12.8 Å². The number of fused-ring (bicyclic) bond motifs is 1. The van der Waals surface area contributed by atoms with Crippen molar-refractivity contribution in [3.63, 3.8) is 0 Å². The lowest BCUT2D eigenvalue weighted by Crippen LogP contribution is -2.09. The van der Waals surface area contributed by atoms with Gasteiger partial charge in [-0.25, -0.2) is 9.97 Å². The van der Waals surface area contributed by atoms with Gasteiger partial charge >= 0.3 is 0 Å². The average molecular weight is 401 g/mol. The van der Waals surface area contributed by atoms with E-state index >= 15 is 0 Å². The van der Waals surface area contributed by atoms with Gasteiger partial charge in [-0.05, 0) is 73.2 Å². The number of hydrogen-bond donors (Lipinski definition) is 2. The summed E-state index contributed by atoms with van der Waals surface area (Å²) in [5.74, 6) is 2.78. The Kier molecular flexibility index (Phi) is 4.88. The van der Waals surface area contributed by atoms with Crippen molar-refractivity contribution in [2.75, 3.05) is 20.2 Å². The molecule has 7 heteroatoms. The molecule has 0 unspecified atom stereocenters. The van der Waals surface area contributed by atoms with Crippen molar-refractivity contribution >= 4 is 6.08 Å². The Labute approximate surface area is 174 Å². The van der Waals surface area contributed by atoms with Gasteiger partial charge in [0.1, 0.15) is 11.4 Å². The van der Waals surface area contributed by atoms with Gasteiger partial charge in [-0.2, -0.15) is 0 Å². The molecule has 5 rings (SSSR count). The highest BCUT2D eigenvalue weighted by Gasteiger charge is 2.34. The van der Waals surface area contributed by atoms with Crippen LogP contribution in [0.1, 0.15) is 18.7 Å². The molecule has 1 saturated carbocycles. The lowest BCUT2D eigenvalue weighted by Gasteiger charge is -2.08. The molecular weight excluding hydrogens is 378 g/mol. The molecule has 1 aliphatic heterocycles. The molecule has 2 atom stereocenters. The van der Waals surface area contributed by atoms with Gasteiger partial charge in [0.2, 0.25) is 5.88 Å². The third-order valence-corrected chi connectivity index (χ3v) is 5.99. The van der Waals surface area contributed by atoms with Crippen LogP contribution < -0.4 is 10.1 Å².